The van der Waals surface area contributed by atoms with Crippen LogP contribution < -0.4 is 5.32 Å². The van der Waals surface area contributed by atoms with Crippen LogP contribution in [-0.4, -0.2) is 12.6 Å². The van der Waals surface area contributed by atoms with Crippen molar-refractivity contribution in [2.45, 2.75) is 116 Å². The minimum Gasteiger partial charge on any atom is -0.314 e. The molecule has 0 aromatic heterocycles. The van der Waals surface area contributed by atoms with Crippen molar-refractivity contribution in [3.63, 3.8) is 0 Å². The van der Waals surface area contributed by atoms with Gasteiger partial charge in [-0.15, -0.1) is 0 Å². The first-order valence-corrected chi connectivity index (χ1v) is 11.6. The van der Waals surface area contributed by atoms with E-state index in [2.05, 4.69) is 12.2 Å². The van der Waals surface area contributed by atoms with Gasteiger partial charge in [0.05, 0.1) is 0 Å². The molecular weight excluding hydrogens is 290 g/mol. The van der Waals surface area contributed by atoms with Gasteiger partial charge in [-0.1, -0.05) is 83.5 Å². The Kier molecular flexibility index (Phi) is 7.96. The fourth-order valence-electron chi connectivity index (χ4n) is 6.26. The van der Waals surface area contributed by atoms with E-state index in [9.17, 15) is 0 Å². The Balaban J connectivity index is 1.47. The third-order valence-electron chi connectivity index (χ3n) is 7.81. The van der Waals surface area contributed by atoms with Crippen LogP contribution in [0.3, 0.4) is 0 Å². The Morgan fingerprint density at radius 3 is 1.50 bits per heavy atom. The van der Waals surface area contributed by atoms with Crippen molar-refractivity contribution in [3.8, 4) is 0 Å². The smallest absolute Gasteiger partial charge is 0.00669 e. The van der Waals surface area contributed by atoms with E-state index in [4.69, 9.17) is 0 Å². The van der Waals surface area contributed by atoms with Gasteiger partial charge in [0.1, 0.15) is 0 Å². The van der Waals surface area contributed by atoms with Crippen LogP contribution >= 0.6 is 0 Å². The van der Waals surface area contributed by atoms with Crippen molar-refractivity contribution in [2.24, 2.45) is 23.7 Å². The van der Waals surface area contributed by atoms with Gasteiger partial charge in [0.25, 0.3) is 0 Å². The highest BCUT2D eigenvalue weighted by Gasteiger charge is 2.31. The molecule has 1 atom stereocenters. The molecule has 24 heavy (non-hydrogen) atoms. The largest absolute Gasteiger partial charge is 0.314 e. The van der Waals surface area contributed by atoms with Crippen LogP contribution in [0.25, 0.3) is 0 Å². The fourth-order valence-corrected chi connectivity index (χ4v) is 6.26. The van der Waals surface area contributed by atoms with Crippen LogP contribution in [0, 0.1) is 23.7 Å². The number of hydrogen-bond donors (Lipinski definition) is 1. The Bertz CT molecular complexity index is 303. The Morgan fingerprint density at radius 2 is 1.04 bits per heavy atom. The van der Waals surface area contributed by atoms with Gasteiger partial charge < -0.3 is 5.32 Å². The minimum absolute atomic E-state index is 0.753. The van der Waals surface area contributed by atoms with Crippen molar-refractivity contribution in [1.82, 2.24) is 5.32 Å². The van der Waals surface area contributed by atoms with Gasteiger partial charge in [-0.25, -0.2) is 0 Å². The molecule has 1 unspecified atom stereocenters. The van der Waals surface area contributed by atoms with Crippen molar-refractivity contribution in [2.75, 3.05) is 6.54 Å². The lowest BCUT2D eigenvalue weighted by atomic mass is 9.68. The monoisotopic (exact) mass is 333 g/mol. The molecule has 3 rings (SSSR count). The van der Waals surface area contributed by atoms with E-state index in [1.807, 2.05) is 0 Å². The molecule has 3 fully saturated rings. The Hall–Kier alpha value is -0.0400. The molecule has 0 saturated heterocycles. The molecule has 140 valence electrons. The van der Waals surface area contributed by atoms with E-state index in [1.165, 1.54) is 83.6 Å². The maximum atomic E-state index is 3.96. The molecule has 0 heterocycles. The van der Waals surface area contributed by atoms with Gasteiger partial charge in [0.15, 0.2) is 0 Å². The van der Waals surface area contributed by atoms with Crippen molar-refractivity contribution >= 4 is 0 Å². The average molecular weight is 334 g/mol. The zero-order chi connectivity index (χ0) is 16.6. The van der Waals surface area contributed by atoms with Crippen molar-refractivity contribution < 1.29 is 0 Å². The van der Waals surface area contributed by atoms with E-state index < -0.39 is 0 Å². The van der Waals surface area contributed by atoms with Crippen molar-refractivity contribution in [3.05, 3.63) is 0 Å². The quantitative estimate of drug-likeness (QED) is 0.546. The lowest BCUT2D eigenvalue weighted by Gasteiger charge is -2.38. The van der Waals surface area contributed by atoms with E-state index in [0.717, 1.165) is 29.7 Å². The summed E-state index contributed by atoms with van der Waals surface area (Å²) in [5.74, 6) is 4.13. The van der Waals surface area contributed by atoms with E-state index in [-0.39, 0.29) is 0 Å². The third-order valence-corrected chi connectivity index (χ3v) is 7.81. The van der Waals surface area contributed by atoms with Gasteiger partial charge in [-0.2, -0.15) is 0 Å². The molecule has 1 N–H and O–H groups in total. The summed E-state index contributed by atoms with van der Waals surface area (Å²) in [6.07, 6.45) is 24.1. The molecule has 1 heteroatoms. The van der Waals surface area contributed by atoms with E-state index in [1.54, 1.807) is 25.7 Å². The van der Waals surface area contributed by atoms with Gasteiger partial charge >= 0.3 is 0 Å². The molecule has 3 saturated carbocycles. The lowest BCUT2D eigenvalue weighted by Crippen LogP contribution is -2.37. The number of rotatable bonds is 7. The highest BCUT2D eigenvalue weighted by molar-refractivity contribution is 4.83. The summed E-state index contributed by atoms with van der Waals surface area (Å²) < 4.78 is 0. The highest BCUT2D eigenvalue weighted by atomic mass is 14.9. The molecule has 3 aliphatic carbocycles. The highest BCUT2D eigenvalue weighted by Crippen LogP contribution is 2.41. The van der Waals surface area contributed by atoms with Gasteiger partial charge in [-0.3, -0.25) is 0 Å². The second-order valence-corrected chi connectivity index (χ2v) is 9.39. The molecule has 0 radical (unpaired) electrons. The van der Waals surface area contributed by atoms with Crippen LogP contribution in [-0.2, 0) is 0 Å². The van der Waals surface area contributed by atoms with Gasteiger partial charge in [0, 0.05) is 6.04 Å². The van der Waals surface area contributed by atoms with Crippen LogP contribution in [0.4, 0.5) is 0 Å². The molecule has 0 aromatic rings. The van der Waals surface area contributed by atoms with Crippen LogP contribution in [0.1, 0.15) is 110 Å². The first-order chi connectivity index (χ1) is 11.8. The summed E-state index contributed by atoms with van der Waals surface area (Å²) in [5, 5.41) is 3.96. The second kappa shape index (κ2) is 10.2. The summed E-state index contributed by atoms with van der Waals surface area (Å²) >= 11 is 0. The summed E-state index contributed by atoms with van der Waals surface area (Å²) in [5.41, 5.74) is 0. The second-order valence-electron chi connectivity index (χ2n) is 9.39. The Morgan fingerprint density at radius 1 is 0.625 bits per heavy atom. The summed E-state index contributed by atoms with van der Waals surface area (Å²) in [4.78, 5) is 0. The zero-order valence-corrected chi connectivity index (χ0v) is 16.4. The lowest BCUT2D eigenvalue weighted by molar-refractivity contribution is 0.132. The first kappa shape index (κ1) is 18.7. The standard InChI is InChI=1S/C23H43N/c1-19(20-11-5-2-6-12-20)24-18-17-23(21-13-7-3-8-14-21)22-15-9-4-10-16-22/h19-24H,2-18H2,1H3. The fraction of sp³-hybridized carbons (Fsp3) is 1.00. The minimum atomic E-state index is 0.753. The molecule has 0 aliphatic heterocycles. The summed E-state index contributed by atoms with van der Waals surface area (Å²) in [6, 6.07) is 0.753. The third kappa shape index (κ3) is 5.48. The summed E-state index contributed by atoms with van der Waals surface area (Å²) in [7, 11) is 0. The molecule has 3 aliphatic rings. The van der Waals surface area contributed by atoms with Crippen molar-refractivity contribution in [1.29, 1.82) is 0 Å². The van der Waals surface area contributed by atoms with E-state index in [0.29, 0.717) is 0 Å². The SMILES string of the molecule is CC(NCCC(C1CCCCC1)C1CCCCC1)C1CCCCC1. The molecular formula is C23H43N. The average Bonchev–Trinajstić information content (AvgIpc) is 2.67. The van der Waals surface area contributed by atoms with Crippen LogP contribution in [0.15, 0.2) is 0 Å². The Labute approximate surface area is 151 Å². The maximum absolute atomic E-state index is 3.96. The topological polar surface area (TPSA) is 12.0 Å². The van der Waals surface area contributed by atoms with E-state index >= 15 is 0 Å². The normalized spacial score (nSPS) is 26.8. The zero-order valence-electron chi connectivity index (χ0n) is 16.4. The van der Waals surface area contributed by atoms with Gasteiger partial charge in [-0.05, 0) is 56.4 Å². The maximum Gasteiger partial charge on any atom is 0.00669 e. The molecule has 0 bridgehead atoms. The van der Waals surface area contributed by atoms with Crippen LogP contribution in [0.5, 0.6) is 0 Å². The predicted octanol–water partition coefficient (Wildman–Crippen LogP) is 6.71. The number of hydrogen-bond acceptors (Lipinski definition) is 1. The van der Waals surface area contributed by atoms with Gasteiger partial charge in [0.2, 0.25) is 0 Å². The first-order valence-electron chi connectivity index (χ1n) is 11.6. The molecule has 0 spiro atoms. The predicted molar refractivity (Wildman–Crippen MR) is 105 cm³/mol. The van der Waals surface area contributed by atoms with Crippen LogP contribution in [0.2, 0.25) is 0 Å². The number of nitrogens with one attached hydrogen (secondary N) is 1. The molecule has 0 aromatic carbocycles. The summed E-state index contributed by atoms with van der Waals surface area (Å²) in [6.45, 7) is 3.75. The molecule has 0 amide bonds. The molecule has 1 nitrogen and oxygen atoms in total.